The summed E-state index contributed by atoms with van der Waals surface area (Å²) < 4.78 is 12.3. The summed E-state index contributed by atoms with van der Waals surface area (Å²) in [6.07, 6.45) is 5.46. The van der Waals surface area contributed by atoms with E-state index in [-0.39, 0.29) is 17.4 Å². The highest BCUT2D eigenvalue weighted by atomic mass is 16.5. The predicted molar refractivity (Wildman–Crippen MR) is 90.2 cm³/mol. The van der Waals surface area contributed by atoms with Crippen molar-refractivity contribution in [1.29, 1.82) is 0 Å². The third-order valence-electron chi connectivity index (χ3n) is 4.54. The van der Waals surface area contributed by atoms with Crippen LogP contribution >= 0.6 is 0 Å². The van der Waals surface area contributed by atoms with Crippen LogP contribution in [0.4, 0.5) is 0 Å². The minimum absolute atomic E-state index is 0.0573. The molecule has 24 heavy (non-hydrogen) atoms. The molecule has 1 aromatic carbocycles. The molecule has 1 aliphatic carbocycles. The van der Waals surface area contributed by atoms with E-state index in [1.54, 1.807) is 25.1 Å². The fourth-order valence-corrected chi connectivity index (χ4v) is 2.81. The second kappa shape index (κ2) is 6.65. The zero-order valence-corrected chi connectivity index (χ0v) is 14.3. The zero-order chi connectivity index (χ0) is 17.2. The Morgan fingerprint density at radius 1 is 1.38 bits per heavy atom. The summed E-state index contributed by atoms with van der Waals surface area (Å²) in [5, 5.41) is 7.47. The average molecular weight is 329 g/mol. The highest BCUT2D eigenvalue weighted by molar-refractivity contribution is 5.85. The Kier molecular flexibility index (Phi) is 4.57. The van der Waals surface area contributed by atoms with Crippen LogP contribution in [-0.4, -0.2) is 36.5 Å². The number of methoxy groups -OCH3 is 2. The molecule has 6 heteroatoms. The van der Waals surface area contributed by atoms with Crippen molar-refractivity contribution in [3.8, 4) is 11.4 Å². The van der Waals surface area contributed by atoms with Crippen molar-refractivity contribution in [2.75, 3.05) is 20.8 Å². The third-order valence-corrected chi connectivity index (χ3v) is 4.54. The molecule has 128 valence electrons. The maximum atomic E-state index is 12.4. The fraction of sp³-hybridized carbons (Fsp3) is 0.444. The van der Waals surface area contributed by atoms with Gasteiger partial charge < -0.3 is 14.8 Å². The average Bonchev–Trinajstić information content (AvgIpc) is 3.21. The van der Waals surface area contributed by atoms with Crippen molar-refractivity contribution in [3.05, 3.63) is 42.2 Å². The van der Waals surface area contributed by atoms with Gasteiger partial charge in [0, 0.05) is 18.9 Å². The molecule has 6 nitrogen and oxygen atoms in total. The van der Waals surface area contributed by atoms with Gasteiger partial charge in [-0.3, -0.25) is 4.79 Å². The lowest BCUT2D eigenvalue weighted by Crippen LogP contribution is -2.36. The summed E-state index contributed by atoms with van der Waals surface area (Å²) in [5.41, 5.74) is 1.48. The molecule has 1 atom stereocenters. The number of hydrogen-bond acceptors (Lipinski definition) is 4. The Bertz CT molecular complexity index is 722. The minimum atomic E-state index is -0.332. The van der Waals surface area contributed by atoms with E-state index in [2.05, 4.69) is 10.4 Å². The van der Waals surface area contributed by atoms with Gasteiger partial charge in [0.2, 0.25) is 5.91 Å². The normalized spacial score (nSPS) is 16.5. The van der Waals surface area contributed by atoms with Gasteiger partial charge in [-0.1, -0.05) is 12.1 Å². The molecule has 1 fully saturated rings. The van der Waals surface area contributed by atoms with E-state index in [0.29, 0.717) is 6.61 Å². The first-order chi connectivity index (χ1) is 11.6. The number of hydrogen-bond donors (Lipinski definition) is 1. The van der Waals surface area contributed by atoms with Crippen LogP contribution in [-0.2, 0) is 9.53 Å². The maximum Gasteiger partial charge on any atom is 0.229 e. The van der Waals surface area contributed by atoms with Crippen molar-refractivity contribution in [1.82, 2.24) is 15.1 Å². The molecule has 1 unspecified atom stereocenters. The number of carbonyl (C=O) groups excluding carboxylic acids is 1. The van der Waals surface area contributed by atoms with Gasteiger partial charge in [-0.15, -0.1) is 0 Å². The highest BCUT2D eigenvalue weighted by Gasteiger charge is 2.50. The van der Waals surface area contributed by atoms with Gasteiger partial charge in [-0.25, -0.2) is 4.68 Å². The van der Waals surface area contributed by atoms with E-state index < -0.39 is 0 Å². The van der Waals surface area contributed by atoms with Gasteiger partial charge in [-0.05, 0) is 31.9 Å². The molecule has 1 amide bonds. The van der Waals surface area contributed by atoms with E-state index in [4.69, 9.17) is 9.47 Å². The number of rotatable bonds is 7. The first-order valence-electron chi connectivity index (χ1n) is 8.07. The molecule has 1 heterocycles. The molecule has 2 aromatic rings. The quantitative estimate of drug-likeness (QED) is 0.847. The van der Waals surface area contributed by atoms with Crippen LogP contribution in [0.15, 0.2) is 36.7 Å². The second-order valence-electron chi connectivity index (χ2n) is 6.30. The van der Waals surface area contributed by atoms with Crippen molar-refractivity contribution in [2.24, 2.45) is 5.41 Å². The minimum Gasteiger partial charge on any atom is -0.494 e. The molecule has 0 spiro atoms. The lowest BCUT2D eigenvalue weighted by Gasteiger charge is -2.18. The van der Waals surface area contributed by atoms with Gasteiger partial charge in [-0.2, -0.15) is 5.10 Å². The largest absolute Gasteiger partial charge is 0.494 e. The van der Waals surface area contributed by atoms with E-state index in [1.807, 2.05) is 37.4 Å². The number of nitrogens with one attached hydrogen (secondary N) is 1. The zero-order valence-electron chi connectivity index (χ0n) is 14.3. The van der Waals surface area contributed by atoms with E-state index in [9.17, 15) is 4.79 Å². The number of benzene rings is 1. The van der Waals surface area contributed by atoms with Gasteiger partial charge in [0.05, 0.1) is 31.4 Å². The van der Waals surface area contributed by atoms with Crippen LogP contribution in [0, 0.1) is 5.41 Å². The first-order valence-corrected chi connectivity index (χ1v) is 8.07. The highest BCUT2D eigenvalue weighted by Crippen LogP contribution is 2.46. The summed E-state index contributed by atoms with van der Waals surface area (Å²) in [7, 11) is 3.27. The first kappa shape index (κ1) is 16.5. The summed E-state index contributed by atoms with van der Waals surface area (Å²) in [5.74, 6) is 0.808. The number of carbonyl (C=O) groups is 1. The molecule has 0 saturated heterocycles. The van der Waals surface area contributed by atoms with Gasteiger partial charge in [0.1, 0.15) is 11.4 Å². The van der Waals surface area contributed by atoms with Crippen molar-refractivity contribution < 1.29 is 14.3 Å². The van der Waals surface area contributed by atoms with Gasteiger partial charge >= 0.3 is 0 Å². The fourth-order valence-electron chi connectivity index (χ4n) is 2.81. The molecule has 1 N–H and O–H groups in total. The Morgan fingerprint density at radius 2 is 2.12 bits per heavy atom. The molecule has 0 bridgehead atoms. The summed E-state index contributed by atoms with van der Waals surface area (Å²) in [4.78, 5) is 12.4. The molecule has 3 rings (SSSR count). The van der Waals surface area contributed by atoms with E-state index in [0.717, 1.165) is 29.8 Å². The Morgan fingerprint density at radius 3 is 2.79 bits per heavy atom. The Labute approximate surface area is 141 Å². The van der Waals surface area contributed by atoms with Gasteiger partial charge in [0.25, 0.3) is 0 Å². The van der Waals surface area contributed by atoms with E-state index in [1.165, 1.54) is 0 Å². The summed E-state index contributed by atoms with van der Waals surface area (Å²) in [6, 6.07) is 7.57. The SMILES string of the molecule is COCC1(C(=O)NC(C)c2cnn(-c3ccccc3OC)c2)CC1. The molecule has 1 aliphatic rings. The predicted octanol–water partition coefficient (Wildman–Crippen LogP) is 2.48. The molecule has 1 aromatic heterocycles. The Hall–Kier alpha value is -2.34. The van der Waals surface area contributed by atoms with Crippen LogP contribution in [0.5, 0.6) is 5.75 Å². The molecular formula is C18H23N3O3. The van der Waals surface area contributed by atoms with Crippen LogP contribution in [0.3, 0.4) is 0 Å². The third kappa shape index (κ3) is 3.14. The van der Waals surface area contributed by atoms with Crippen molar-refractivity contribution in [2.45, 2.75) is 25.8 Å². The topological polar surface area (TPSA) is 65.4 Å². The van der Waals surface area contributed by atoms with Crippen molar-refractivity contribution >= 4 is 5.91 Å². The molecular weight excluding hydrogens is 306 g/mol. The molecule has 0 radical (unpaired) electrons. The monoisotopic (exact) mass is 329 g/mol. The van der Waals surface area contributed by atoms with Crippen LogP contribution < -0.4 is 10.1 Å². The molecule has 1 saturated carbocycles. The number of para-hydroxylation sites is 2. The second-order valence-corrected chi connectivity index (χ2v) is 6.30. The van der Waals surface area contributed by atoms with Crippen LogP contribution in [0.1, 0.15) is 31.4 Å². The van der Waals surface area contributed by atoms with Crippen LogP contribution in [0.25, 0.3) is 5.69 Å². The number of ether oxygens (including phenoxy) is 2. The number of nitrogens with zero attached hydrogens (tertiary/aromatic N) is 2. The van der Waals surface area contributed by atoms with E-state index >= 15 is 0 Å². The summed E-state index contributed by atoms with van der Waals surface area (Å²) in [6.45, 7) is 2.44. The van der Waals surface area contributed by atoms with Crippen LogP contribution in [0.2, 0.25) is 0 Å². The Balaban J connectivity index is 1.72. The summed E-state index contributed by atoms with van der Waals surface area (Å²) >= 11 is 0. The standard InChI is InChI=1S/C18H23N3O3/c1-13(20-17(22)18(8-9-18)12-23-2)14-10-19-21(11-14)15-6-4-5-7-16(15)24-3/h4-7,10-11,13H,8-9,12H2,1-3H3,(H,20,22). The molecule has 0 aliphatic heterocycles. The lowest BCUT2D eigenvalue weighted by atomic mass is 10.1. The number of aromatic nitrogens is 2. The number of amides is 1. The maximum absolute atomic E-state index is 12.4. The van der Waals surface area contributed by atoms with Crippen molar-refractivity contribution in [3.63, 3.8) is 0 Å². The lowest BCUT2D eigenvalue weighted by molar-refractivity contribution is -0.128. The van der Waals surface area contributed by atoms with Gasteiger partial charge in [0.15, 0.2) is 0 Å². The smallest absolute Gasteiger partial charge is 0.229 e.